The smallest absolute Gasteiger partial charge is 0.0974 e. The molecule has 88 valence electrons. The Bertz CT molecular complexity index is 411. The number of aliphatic hydroxyl groups is 1. The fraction of sp³-hybridized carbons (Fsp3) is 0.714. The van der Waals surface area contributed by atoms with Crippen LogP contribution in [0.25, 0.3) is 0 Å². The zero-order valence-corrected chi connectivity index (χ0v) is 10.4. The highest BCUT2D eigenvalue weighted by Crippen LogP contribution is 2.62. The van der Waals surface area contributed by atoms with E-state index in [0.717, 1.165) is 17.5 Å². The minimum Gasteiger partial charge on any atom is -0.387 e. The van der Waals surface area contributed by atoms with Gasteiger partial charge >= 0.3 is 0 Å². The van der Waals surface area contributed by atoms with Crippen molar-refractivity contribution in [2.75, 3.05) is 0 Å². The van der Waals surface area contributed by atoms with Crippen LogP contribution in [0.3, 0.4) is 0 Å². The molecule has 2 saturated carbocycles. The molecule has 2 heteroatoms. The van der Waals surface area contributed by atoms with E-state index in [-0.39, 0.29) is 6.10 Å². The van der Waals surface area contributed by atoms with Gasteiger partial charge in [-0.15, -0.1) is 0 Å². The summed E-state index contributed by atoms with van der Waals surface area (Å²) in [5, 5.41) is 10.5. The highest BCUT2D eigenvalue weighted by atomic mass is 16.3. The minimum atomic E-state index is -0.248. The molecule has 0 spiro atoms. The Morgan fingerprint density at radius 1 is 1.12 bits per heavy atom. The molecule has 3 unspecified atom stereocenters. The molecule has 3 atom stereocenters. The summed E-state index contributed by atoms with van der Waals surface area (Å²) in [6.45, 7) is 6.34. The van der Waals surface area contributed by atoms with Gasteiger partial charge < -0.3 is 10.1 Å². The molecule has 2 fully saturated rings. The van der Waals surface area contributed by atoms with Crippen LogP contribution in [0.15, 0.2) is 0 Å². The maximum Gasteiger partial charge on any atom is 0.0974 e. The Morgan fingerprint density at radius 3 is 2.25 bits per heavy atom. The summed E-state index contributed by atoms with van der Waals surface area (Å²) in [5.41, 5.74) is 4.85. The summed E-state index contributed by atoms with van der Waals surface area (Å²) in [7, 11) is 0. The molecular weight excluding hydrogens is 198 g/mol. The number of aromatic nitrogens is 1. The number of hydrogen-bond acceptors (Lipinski definition) is 1. The molecular formula is C14H21NO. The van der Waals surface area contributed by atoms with Crippen molar-refractivity contribution in [1.29, 1.82) is 0 Å². The van der Waals surface area contributed by atoms with Crippen molar-refractivity contribution in [3.63, 3.8) is 0 Å². The highest BCUT2D eigenvalue weighted by molar-refractivity contribution is 5.36. The molecule has 0 saturated heterocycles. The Hall–Kier alpha value is -0.760. The van der Waals surface area contributed by atoms with Crippen LogP contribution in [0.1, 0.15) is 47.9 Å². The monoisotopic (exact) mass is 219 g/mol. The van der Waals surface area contributed by atoms with Crippen LogP contribution in [0, 0.1) is 38.5 Å². The maximum absolute atomic E-state index is 10.5. The fourth-order valence-corrected chi connectivity index (χ4v) is 3.71. The van der Waals surface area contributed by atoms with E-state index in [1.807, 2.05) is 0 Å². The van der Waals surface area contributed by atoms with Crippen molar-refractivity contribution in [2.45, 2.75) is 46.1 Å². The summed E-state index contributed by atoms with van der Waals surface area (Å²) >= 11 is 0. The predicted octanol–water partition coefficient (Wildman–Crippen LogP) is 3.02. The van der Waals surface area contributed by atoms with E-state index in [1.165, 1.54) is 36.1 Å². The van der Waals surface area contributed by atoms with E-state index < -0.39 is 0 Å². The first kappa shape index (κ1) is 10.4. The van der Waals surface area contributed by atoms with Crippen molar-refractivity contribution >= 4 is 0 Å². The molecule has 2 nitrogen and oxygen atoms in total. The largest absolute Gasteiger partial charge is 0.387 e. The van der Waals surface area contributed by atoms with Gasteiger partial charge in [0.1, 0.15) is 0 Å². The van der Waals surface area contributed by atoms with Crippen LogP contribution in [0.4, 0.5) is 0 Å². The Morgan fingerprint density at radius 2 is 1.75 bits per heavy atom. The third-order valence-corrected chi connectivity index (χ3v) is 4.98. The van der Waals surface area contributed by atoms with Crippen LogP contribution < -0.4 is 0 Å². The maximum atomic E-state index is 10.5. The zero-order valence-electron chi connectivity index (χ0n) is 10.4. The van der Waals surface area contributed by atoms with Gasteiger partial charge in [-0.1, -0.05) is 6.42 Å². The molecule has 16 heavy (non-hydrogen) atoms. The van der Waals surface area contributed by atoms with Crippen LogP contribution in [0.2, 0.25) is 0 Å². The van der Waals surface area contributed by atoms with E-state index in [4.69, 9.17) is 0 Å². The van der Waals surface area contributed by atoms with E-state index in [9.17, 15) is 5.11 Å². The molecule has 0 bridgehead atoms. The SMILES string of the molecule is Cc1[nH]c(C(O)C2C3CCCC32)c(C)c1C. The van der Waals surface area contributed by atoms with Crippen LogP contribution >= 0.6 is 0 Å². The molecule has 1 aromatic rings. The standard InChI is InChI=1S/C14H21NO/c1-7-8(2)13(15-9(7)3)14(16)12-10-5-4-6-11(10)12/h10-12,14-16H,4-6H2,1-3H3. The van der Waals surface area contributed by atoms with Gasteiger partial charge in [-0.25, -0.2) is 0 Å². The molecule has 2 aliphatic rings. The molecule has 2 N–H and O–H groups in total. The summed E-state index contributed by atoms with van der Waals surface area (Å²) < 4.78 is 0. The number of rotatable bonds is 2. The zero-order chi connectivity index (χ0) is 11.4. The second kappa shape index (κ2) is 3.36. The molecule has 0 aliphatic heterocycles. The van der Waals surface area contributed by atoms with Crippen molar-refractivity contribution in [3.05, 3.63) is 22.5 Å². The number of nitrogens with one attached hydrogen (secondary N) is 1. The van der Waals surface area contributed by atoms with Gasteiger partial charge in [0.05, 0.1) is 6.10 Å². The van der Waals surface area contributed by atoms with Gasteiger partial charge in [0, 0.05) is 11.4 Å². The first-order valence-corrected chi connectivity index (χ1v) is 6.45. The molecule has 0 radical (unpaired) electrons. The van der Waals surface area contributed by atoms with E-state index in [0.29, 0.717) is 5.92 Å². The van der Waals surface area contributed by atoms with Crippen molar-refractivity contribution in [1.82, 2.24) is 4.98 Å². The average Bonchev–Trinajstić information content (AvgIpc) is 2.61. The van der Waals surface area contributed by atoms with Crippen molar-refractivity contribution < 1.29 is 5.11 Å². The molecule has 2 aliphatic carbocycles. The Kier molecular flexibility index (Phi) is 2.19. The van der Waals surface area contributed by atoms with Gasteiger partial charge in [-0.2, -0.15) is 0 Å². The molecule has 1 heterocycles. The third-order valence-electron chi connectivity index (χ3n) is 4.98. The van der Waals surface area contributed by atoms with Gasteiger partial charge in [-0.05, 0) is 62.5 Å². The molecule has 0 aromatic carbocycles. The highest BCUT2D eigenvalue weighted by Gasteiger charge is 2.56. The molecule has 1 aromatic heterocycles. The topological polar surface area (TPSA) is 36.0 Å². The lowest BCUT2D eigenvalue weighted by Crippen LogP contribution is -2.06. The first-order valence-electron chi connectivity index (χ1n) is 6.45. The van der Waals surface area contributed by atoms with E-state index >= 15 is 0 Å². The lowest BCUT2D eigenvalue weighted by Gasteiger charge is -2.12. The second-order valence-corrected chi connectivity index (χ2v) is 5.69. The number of H-pyrrole nitrogens is 1. The lowest BCUT2D eigenvalue weighted by atomic mass is 10.0. The van der Waals surface area contributed by atoms with Gasteiger partial charge in [0.25, 0.3) is 0 Å². The van der Waals surface area contributed by atoms with Gasteiger partial charge in [0.15, 0.2) is 0 Å². The second-order valence-electron chi connectivity index (χ2n) is 5.69. The third kappa shape index (κ3) is 1.29. The lowest BCUT2D eigenvalue weighted by molar-refractivity contribution is 0.132. The summed E-state index contributed by atoms with van der Waals surface area (Å²) in [6, 6.07) is 0. The van der Waals surface area contributed by atoms with Gasteiger partial charge in [-0.3, -0.25) is 0 Å². The van der Waals surface area contributed by atoms with E-state index in [2.05, 4.69) is 25.8 Å². The van der Waals surface area contributed by atoms with Crippen LogP contribution in [-0.2, 0) is 0 Å². The Labute approximate surface area is 97.1 Å². The number of aryl methyl sites for hydroxylation is 1. The minimum absolute atomic E-state index is 0.248. The Balaban J connectivity index is 1.84. The fourth-order valence-electron chi connectivity index (χ4n) is 3.71. The quantitative estimate of drug-likeness (QED) is 0.788. The summed E-state index contributed by atoms with van der Waals surface area (Å²) in [6.07, 6.45) is 3.80. The average molecular weight is 219 g/mol. The summed E-state index contributed by atoms with van der Waals surface area (Å²) in [5.74, 6) is 2.18. The van der Waals surface area contributed by atoms with Crippen LogP contribution in [-0.4, -0.2) is 10.1 Å². The normalized spacial score (nSPS) is 33.9. The van der Waals surface area contributed by atoms with Crippen molar-refractivity contribution in [2.24, 2.45) is 17.8 Å². The van der Waals surface area contributed by atoms with Crippen molar-refractivity contribution in [3.8, 4) is 0 Å². The van der Waals surface area contributed by atoms with Gasteiger partial charge in [0.2, 0.25) is 0 Å². The summed E-state index contributed by atoms with van der Waals surface area (Å²) in [4.78, 5) is 3.37. The molecule has 0 amide bonds. The number of aromatic amines is 1. The number of fused-ring (bicyclic) bond motifs is 1. The number of aliphatic hydroxyl groups excluding tert-OH is 1. The van der Waals surface area contributed by atoms with Crippen LogP contribution in [0.5, 0.6) is 0 Å². The number of hydrogen-bond donors (Lipinski definition) is 2. The van der Waals surface area contributed by atoms with E-state index in [1.54, 1.807) is 0 Å². The molecule has 3 rings (SSSR count). The first-order chi connectivity index (χ1) is 7.61. The predicted molar refractivity (Wildman–Crippen MR) is 64.3 cm³/mol.